The van der Waals surface area contributed by atoms with Gasteiger partial charge >= 0.3 is 10.2 Å². The predicted octanol–water partition coefficient (Wildman–Crippen LogP) is 0.397. The van der Waals surface area contributed by atoms with E-state index >= 15 is 0 Å². The van der Waals surface area contributed by atoms with Gasteiger partial charge < -0.3 is 10.5 Å². The maximum Gasteiger partial charge on any atom is 0.301 e. The van der Waals surface area contributed by atoms with Crippen LogP contribution in [0.5, 0.6) is 0 Å². The third kappa shape index (κ3) is 2.71. The van der Waals surface area contributed by atoms with Gasteiger partial charge in [0.2, 0.25) is 0 Å². The Morgan fingerprint density at radius 3 is 2.61 bits per heavy atom. The lowest BCUT2D eigenvalue weighted by Gasteiger charge is -2.26. The minimum absolute atomic E-state index is 0.0480. The molecule has 1 heterocycles. The number of nitrogens with two attached hydrogens (primary N) is 1. The molecular formula is C10H14FN3O3S. The molecule has 0 amide bonds. The number of halogens is 1. The van der Waals surface area contributed by atoms with Crippen molar-refractivity contribution in [3.05, 3.63) is 24.0 Å². The topological polar surface area (TPSA) is 84.7 Å². The van der Waals surface area contributed by atoms with Crippen LogP contribution < -0.4 is 10.5 Å². The molecule has 1 saturated heterocycles. The number of para-hydroxylation sites is 1. The number of rotatable bonds is 3. The summed E-state index contributed by atoms with van der Waals surface area (Å²) in [5.74, 6) is -0.702. The van der Waals surface area contributed by atoms with Crippen molar-refractivity contribution in [2.45, 2.75) is 0 Å². The first-order valence-electron chi connectivity index (χ1n) is 5.40. The van der Waals surface area contributed by atoms with Crippen LogP contribution in [0, 0.1) is 5.82 Å². The highest BCUT2D eigenvalue weighted by Gasteiger charge is 2.25. The van der Waals surface area contributed by atoms with Gasteiger partial charge in [0.15, 0.2) is 0 Å². The van der Waals surface area contributed by atoms with Crippen LogP contribution in [0.4, 0.5) is 15.8 Å². The van der Waals surface area contributed by atoms with Gasteiger partial charge in [0.1, 0.15) is 11.5 Å². The summed E-state index contributed by atoms with van der Waals surface area (Å²) in [6, 6.07) is 3.99. The number of nitrogen functional groups attached to an aromatic ring is 1. The molecule has 0 aliphatic carbocycles. The first kappa shape index (κ1) is 13.1. The van der Waals surface area contributed by atoms with Crippen molar-refractivity contribution >= 4 is 21.6 Å². The van der Waals surface area contributed by atoms with Crippen LogP contribution >= 0.6 is 0 Å². The Bertz CT molecular complexity index is 509. The number of nitrogens with zero attached hydrogens (tertiary/aromatic N) is 1. The van der Waals surface area contributed by atoms with Gasteiger partial charge in [-0.15, -0.1) is 0 Å². The van der Waals surface area contributed by atoms with Crippen LogP contribution in [-0.4, -0.2) is 39.0 Å². The molecule has 1 aromatic rings. The largest absolute Gasteiger partial charge is 0.397 e. The summed E-state index contributed by atoms with van der Waals surface area (Å²) in [6.45, 7) is 1.13. The summed E-state index contributed by atoms with van der Waals surface area (Å²) in [6.07, 6.45) is 0. The fourth-order valence-corrected chi connectivity index (χ4v) is 2.86. The monoisotopic (exact) mass is 275 g/mol. The van der Waals surface area contributed by atoms with Crippen molar-refractivity contribution in [3.63, 3.8) is 0 Å². The molecule has 0 saturated carbocycles. The molecule has 3 N–H and O–H groups in total. The van der Waals surface area contributed by atoms with E-state index in [9.17, 15) is 12.8 Å². The highest BCUT2D eigenvalue weighted by molar-refractivity contribution is 7.90. The van der Waals surface area contributed by atoms with Crippen LogP contribution in [0.15, 0.2) is 18.2 Å². The van der Waals surface area contributed by atoms with Gasteiger partial charge in [-0.05, 0) is 12.1 Å². The molecule has 8 heteroatoms. The summed E-state index contributed by atoms with van der Waals surface area (Å²) < 4.78 is 45.9. The third-order valence-electron chi connectivity index (χ3n) is 2.59. The lowest BCUT2D eigenvalue weighted by atomic mass is 10.3. The van der Waals surface area contributed by atoms with Crippen LogP contribution in [0.1, 0.15) is 0 Å². The molecule has 1 aromatic carbocycles. The zero-order chi connectivity index (χ0) is 13.2. The van der Waals surface area contributed by atoms with Gasteiger partial charge in [-0.3, -0.25) is 4.72 Å². The van der Waals surface area contributed by atoms with Gasteiger partial charge in [-0.1, -0.05) is 6.07 Å². The second-order valence-corrected chi connectivity index (χ2v) is 5.49. The highest BCUT2D eigenvalue weighted by Crippen LogP contribution is 2.23. The van der Waals surface area contributed by atoms with Crippen molar-refractivity contribution in [1.29, 1.82) is 0 Å². The van der Waals surface area contributed by atoms with Gasteiger partial charge in [-0.2, -0.15) is 12.7 Å². The quantitative estimate of drug-likeness (QED) is 0.782. The number of nitrogens with one attached hydrogen (secondary N) is 1. The second-order valence-electron chi connectivity index (χ2n) is 3.82. The number of benzene rings is 1. The van der Waals surface area contributed by atoms with E-state index in [1.165, 1.54) is 16.4 Å². The van der Waals surface area contributed by atoms with E-state index in [1.807, 2.05) is 0 Å². The summed E-state index contributed by atoms with van der Waals surface area (Å²) >= 11 is 0. The van der Waals surface area contributed by atoms with Crippen LogP contribution in [-0.2, 0) is 14.9 Å². The number of hydrogen-bond donors (Lipinski definition) is 2. The molecule has 0 spiro atoms. The molecule has 0 radical (unpaired) electrons. The molecule has 2 rings (SSSR count). The van der Waals surface area contributed by atoms with E-state index in [0.29, 0.717) is 13.2 Å². The molecule has 1 aliphatic heterocycles. The Hall–Kier alpha value is -1.38. The van der Waals surface area contributed by atoms with E-state index in [2.05, 4.69) is 4.72 Å². The zero-order valence-corrected chi connectivity index (χ0v) is 10.4. The molecule has 0 bridgehead atoms. The van der Waals surface area contributed by atoms with Gasteiger partial charge in [0.05, 0.1) is 18.9 Å². The predicted molar refractivity (Wildman–Crippen MR) is 65.7 cm³/mol. The lowest BCUT2D eigenvalue weighted by Crippen LogP contribution is -2.43. The first-order valence-corrected chi connectivity index (χ1v) is 6.84. The van der Waals surface area contributed by atoms with Crippen molar-refractivity contribution in [2.75, 3.05) is 36.8 Å². The molecule has 6 nitrogen and oxygen atoms in total. The molecule has 1 fully saturated rings. The molecule has 0 unspecified atom stereocenters. The summed E-state index contributed by atoms with van der Waals surface area (Å²) in [7, 11) is -3.80. The number of morpholine rings is 1. The number of hydrogen-bond acceptors (Lipinski definition) is 4. The average Bonchev–Trinajstić information content (AvgIpc) is 2.35. The third-order valence-corrected chi connectivity index (χ3v) is 4.09. The van der Waals surface area contributed by atoms with Gasteiger partial charge in [-0.25, -0.2) is 4.39 Å². The van der Waals surface area contributed by atoms with Crippen LogP contribution in [0.3, 0.4) is 0 Å². The van der Waals surface area contributed by atoms with E-state index in [1.54, 1.807) is 0 Å². The van der Waals surface area contributed by atoms with Crippen molar-refractivity contribution in [2.24, 2.45) is 0 Å². The van der Waals surface area contributed by atoms with Crippen molar-refractivity contribution in [1.82, 2.24) is 4.31 Å². The second kappa shape index (κ2) is 5.09. The Kier molecular flexibility index (Phi) is 3.69. The number of ether oxygens (including phenoxy) is 1. The molecule has 100 valence electrons. The van der Waals surface area contributed by atoms with Crippen LogP contribution in [0.25, 0.3) is 0 Å². The van der Waals surface area contributed by atoms with Crippen LogP contribution in [0.2, 0.25) is 0 Å². The molecular weight excluding hydrogens is 261 g/mol. The molecule has 18 heavy (non-hydrogen) atoms. The lowest BCUT2D eigenvalue weighted by molar-refractivity contribution is 0.0733. The summed E-state index contributed by atoms with van der Waals surface area (Å²) in [4.78, 5) is 0. The summed E-state index contributed by atoms with van der Waals surface area (Å²) in [5, 5.41) is 0. The molecule has 0 atom stereocenters. The minimum atomic E-state index is -3.80. The fourth-order valence-electron chi connectivity index (χ4n) is 1.63. The van der Waals surface area contributed by atoms with E-state index in [0.717, 1.165) is 6.07 Å². The Balaban J connectivity index is 2.22. The smallest absolute Gasteiger partial charge is 0.301 e. The minimum Gasteiger partial charge on any atom is -0.397 e. The van der Waals surface area contributed by atoms with Crippen molar-refractivity contribution < 1.29 is 17.5 Å². The fraction of sp³-hybridized carbons (Fsp3) is 0.400. The maximum atomic E-state index is 13.5. The van der Waals surface area contributed by atoms with E-state index in [-0.39, 0.29) is 24.5 Å². The Labute approximate surface area is 105 Å². The van der Waals surface area contributed by atoms with E-state index in [4.69, 9.17) is 10.5 Å². The summed E-state index contributed by atoms with van der Waals surface area (Å²) in [5.41, 5.74) is 5.38. The number of anilines is 2. The van der Waals surface area contributed by atoms with Crippen molar-refractivity contribution in [3.8, 4) is 0 Å². The standard InChI is InChI=1S/C10H14FN3O3S/c11-8-2-1-3-9(12)10(8)13-18(15,16)14-4-6-17-7-5-14/h1-3,13H,4-7,12H2. The van der Waals surface area contributed by atoms with E-state index < -0.39 is 16.0 Å². The normalized spacial score (nSPS) is 17.6. The molecule has 0 aromatic heterocycles. The average molecular weight is 275 g/mol. The highest BCUT2D eigenvalue weighted by atomic mass is 32.2. The maximum absolute atomic E-state index is 13.5. The van der Waals surface area contributed by atoms with Gasteiger partial charge in [0.25, 0.3) is 0 Å². The Morgan fingerprint density at radius 2 is 2.00 bits per heavy atom. The van der Waals surface area contributed by atoms with Gasteiger partial charge in [0, 0.05) is 13.1 Å². The Morgan fingerprint density at radius 1 is 1.33 bits per heavy atom. The molecule has 1 aliphatic rings. The first-order chi connectivity index (χ1) is 8.50. The SMILES string of the molecule is Nc1cccc(F)c1NS(=O)(=O)N1CCOCC1. The zero-order valence-electron chi connectivity index (χ0n) is 9.60.